The van der Waals surface area contributed by atoms with Gasteiger partial charge in [-0.25, -0.2) is 0 Å². The van der Waals surface area contributed by atoms with Crippen LogP contribution in [0.5, 0.6) is 5.75 Å². The molecule has 2 N–H and O–H groups in total. The first kappa shape index (κ1) is 13.4. The molecule has 0 aliphatic heterocycles. The number of rotatable bonds is 5. The van der Waals surface area contributed by atoms with Gasteiger partial charge in [-0.1, -0.05) is 25.0 Å². The fraction of sp³-hybridized carbons (Fsp3) is 0.600. The smallest absolute Gasteiger partial charge is 0.119 e. The van der Waals surface area contributed by atoms with Gasteiger partial charge in [0.25, 0.3) is 0 Å². The van der Waals surface area contributed by atoms with E-state index in [0.29, 0.717) is 12.6 Å². The summed E-state index contributed by atoms with van der Waals surface area (Å²) in [5, 5.41) is 14.0. The van der Waals surface area contributed by atoms with Gasteiger partial charge in [0.2, 0.25) is 0 Å². The van der Waals surface area contributed by atoms with Crippen molar-refractivity contribution >= 4 is 0 Å². The zero-order valence-electron chi connectivity index (χ0n) is 11.3. The molecule has 2 rings (SSSR count). The van der Waals surface area contributed by atoms with Gasteiger partial charge in [-0.15, -0.1) is 0 Å². The minimum absolute atomic E-state index is 0.571. The van der Waals surface area contributed by atoms with Crippen molar-refractivity contribution in [3.63, 3.8) is 0 Å². The van der Waals surface area contributed by atoms with Crippen LogP contribution >= 0.6 is 0 Å². The summed E-state index contributed by atoms with van der Waals surface area (Å²) in [5.41, 5.74) is 0.0456. The van der Waals surface area contributed by atoms with E-state index in [1.54, 1.807) is 7.11 Å². The van der Waals surface area contributed by atoms with Crippen molar-refractivity contribution in [2.24, 2.45) is 0 Å². The van der Waals surface area contributed by atoms with E-state index in [4.69, 9.17) is 4.74 Å². The molecular weight excluding hydrogens is 226 g/mol. The van der Waals surface area contributed by atoms with E-state index in [-0.39, 0.29) is 0 Å². The summed E-state index contributed by atoms with van der Waals surface area (Å²) in [4.78, 5) is 0. The molecular formula is C15H23NO2. The summed E-state index contributed by atoms with van der Waals surface area (Å²) in [6.45, 7) is 2.44. The van der Waals surface area contributed by atoms with Crippen molar-refractivity contribution in [3.8, 4) is 5.75 Å². The molecule has 0 aromatic heterocycles. The summed E-state index contributed by atoms with van der Waals surface area (Å²) < 4.78 is 5.20. The molecule has 100 valence electrons. The molecule has 1 fully saturated rings. The van der Waals surface area contributed by atoms with Crippen LogP contribution in [0.1, 0.15) is 38.2 Å². The zero-order chi connectivity index (χ0) is 13.0. The summed E-state index contributed by atoms with van der Waals surface area (Å²) in [6.07, 6.45) is 5.07. The van der Waals surface area contributed by atoms with Crippen LogP contribution in [0.25, 0.3) is 0 Å². The first-order valence-electron chi connectivity index (χ1n) is 6.72. The predicted molar refractivity (Wildman–Crippen MR) is 72.8 cm³/mol. The lowest BCUT2D eigenvalue weighted by Crippen LogP contribution is -2.39. The predicted octanol–water partition coefficient (Wildman–Crippen LogP) is 2.43. The monoisotopic (exact) mass is 249 g/mol. The molecule has 1 saturated carbocycles. The molecule has 1 aromatic rings. The minimum atomic E-state index is -0.850. The number of hydrogen-bond acceptors (Lipinski definition) is 3. The second-order valence-electron chi connectivity index (χ2n) is 5.37. The Kier molecular flexibility index (Phi) is 4.25. The fourth-order valence-electron chi connectivity index (χ4n) is 2.53. The number of nitrogens with one attached hydrogen (secondary N) is 1. The van der Waals surface area contributed by atoms with Crippen molar-refractivity contribution in [2.75, 3.05) is 13.7 Å². The lowest BCUT2D eigenvalue weighted by molar-refractivity contribution is 0.0538. The van der Waals surface area contributed by atoms with Crippen LogP contribution in [-0.2, 0) is 5.60 Å². The second kappa shape index (κ2) is 5.72. The average molecular weight is 249 g/mol. The van der Waals surface area contributed by atoms with E-state index in [9.17, 15) is 5.11 Å². The van der Waals surface area contributed by atoms with Crippen molar-refractivity contribution in [1.29, 1.82) is 0 Å². The van der Waals surface area contributed by atoms with Crippen LogP contribution in [0.3, 0.4) is 0 Å². The highest BCUT2D eigenvalue weighted by Gasteiger charge is 2.25. The highest BCUT2D eigenvalue weighted by molar-refractivity contribution is 5.32. The van der Waals surface area contributed by atoms with Gasteiger partial charge in [0.15, 0.2) is 0 Å². The highest BCUT2D eigenvalue weighted by Crippen LogP contribution is 2.25. The third kappa shape index (κ3) is 3.24. The van der Waals surface area contributed by atoms with Crippen molar-refractivity contribution in [2.45, 2.75) is 44.2 Å². The van der Waals surface area contributed by atoms with Gasteiger partial charge in [0, 0.05) is 12.6 Å². The Balaban J connectivity index is 1.99. The van der Waals surface area contributed by atoms with Gasteiger partial charge < -0.3 is 15.2 Å². The van der Waals surface area contributed by atoms with Gasteiger partial charge in [-0.3, -0.25) is 0 Å². The fourth-order valence-corrected chi connectivity index (χ4v) is 2.53. The molecule has 1 aliphatic carbocycles. The van der Waals surface area contributed by atoms with Gasteiger partial charge in [0.1, 0.15) is 5.75 Å². The molecule has 0 bridgehead atoms. The number of methoxy groups -OCH3 is 1. The largest absolute Gasteiger partial charge is 0.497 e. The second-order valence-corrected chi connectivity index (χ2v) is 5.37. The van der Waals surface area contributed by atoms with Crippen LogP contribution in [0.2, 0.25) is 0 Å². The molecule has 1 aliphatic rings. The third-order valence-electron chi connectivity index (χ3n) is 3.78. The van der Waals surface area contributed by atoms with Crippen molar-refractivity contribution in [3.05, 3.63) is 29.8 Å². The SMILES string of the molecule is COc1cccc(C(C)(O)CNC2CCCC2)c1. The summed E-state index contributed by atoms with van der Waals surface area (Å²) in [5.74, 6) is 0.786. The number of hydrogen-bond donors (Lipinski definition) is 2. The van der Waals surface area contributed by atoms with Crippen LogP contribution in [0.4, 0.5) is 0 Å². The molecule has 0 heterocycles. The van der Waals surface area contributed by atoms with E-state index in [1.807, 2.05) is 31.2 Å². The Bertz CT molecular complexity index is 384. The maximum atomic E-state index is 10.5. The normalized spacial score (nSPS) is 19.7. The van der Waals surface area contributed by atoms with E-state index in [0.717, 1.165) is 11.3 Å². The number of benzene rings is 1. The molecule has 18 heavy (non-hydrogen) atoms. The Morgan fingerprint density at radius 1 is 1.39 bits per heavy atom. The zero-order valence-corrected chi connectivity index (χ0v) is 11.3. The summed E-state index contributed by atoms with van der Waals surface area (Å²) >= 11 is 0. The molecule has 0 amide bonds. The molecule has 1 atom stereocenters. The standard InChI is InChI=1S/C15H23NO2/c1-15(17,11-16-13-7-3-4-8-13)12-6-5-9-14(10-12)18-2/h5-6,9-10,13,16-17H,3-4,7-8,11H2,1-2H3. The quantitative estimate of drug-likeness (QED) is 0.842. The molecule has 0 radical (unpaired) electrons. The lowest BCUT2D eigenvalue weighted by Gasteiger charge is -2.26. The van der Waals surface area contributed by atoms with E-state index >= 15 is 0 Å². The summed E-state index contributed by atoms with van der Waals surface area (Å²) in [7, 11) is 1.64. The first-order chi connectivity index (χ1) is 8.62. The molecule has 3 nitrogen and oxygen atoms in total. The van der Waals surface area contributed by atoms with Crippen molar-refractivity contribution in [1.82, 2.24) is 5.32 Å². The van der Waals surface area contributed by atoms with E-state index < -0.39 is 5.60 Å². The maximum absolute atomic E-state index is 10.5. The van der Waals surface area contributed by atoms with Gasteiger partial charge in [-0.2, -0.15) is 0 Å². The molecule has 3 heteroatoms. The minimum Gasteiger partial charge on any atom is -0.497 e. The van der Waals surface area contributed by atoms with Crippen LogP contribution in [-0.4, -0.2) is 24.8 Å². The number of ether oxygens (including phenoxy) is 1. The number of aliphatic hydroxyl groups is 1. The Labute approximate surface area is 109 Å². The highest BCUT2D eigenvalue weighted by atomic mass is 16.5. The van der Waals surface area contributed by atoms with Gasteiger partial charge >= 0.3 is 0 Å². The molecule has 1 aromatic carbocycles. The first-order valence-corrected chi connectivity index (χ1v) is 6.72. The Hall–Kier alpha value is -1.06. The van der Waals surface area contributed by atoms with Crippen molar-refractivity contribution < 1.29 is 9.84 Å². The van der Waals surface area contributed by atoms with E-state index in [2.05, 4.69) is 5.32 Å². The van der Waals surface area contributed by atoms with Crippen LogP contribution in [0, 0.1) is 0 Å². The Morgan fingerprint density at radius 2 is 2.11 bits per heavy atom. The molecule has 0 spiro atoms. The van der Waals surface area contributed by atoms with Gasteiger partial charge in [-0.05, 0) is 37.5 Å². The molecule has 1 unspecified atom stereocenters. The van der Waals surface area contributed by atoms with Crippen LogP contribution < -0.4 is 10.1 Å². The van der Waals surface area contributed by atoms with Gasteiger partial charge in [0.05, 0.1) is 12.7 Å². The Morgan fingerprint density at radius 3 is 2.78 bits per heavy atom. The molecule has 0 saturated heterocycles. The topological polar surface area (TPSA) is 41.5 Å². The summed E-state index contributed by atoms with van der Waals surface area (Å²) in [6, 6.07) is 8.22. The van der Waals surface area contributed by atoms with Crippen LogP contribution in [0.15, 0.2) is 24.3 Å². The van der Waals surface area contributed by atoms with E-state index in [1.165, 1.54) is 25.7 Å². The average Bonchev–Trinajstić information content (AvgIpc) is 2.90. The lowest BCUT2D eigenvalue weighted by atomic mass is 9.95. The third-order valence-corrected chi connectivity index (χ3v) is 3.78. The maximum Gasteiger partial charge on any atom is 0.119 e.